The van der Waals surface area contributed by atoms with Crippen LogP contribution < -0.4 is 0 Å². The molecule has 0 aromatic carbocycles. The third-order valence-corrected chi connectivity index (χ3v) is 3.88. The van der Waals surface area contributed by atoms with E-state index < -0.39 is 5.92 Å². The van der Waals surface area contributed by atoms with Gasteiger partial charge in [-0.3, -0.25) is 0 Å². The van der Waals surface area contributed by atoms with Gasteiger partial charge < -0.3 is 0 Å². The molecule has 1 rings (SSSR count). The fourth-order valence-corrected chi connectivity index (χ4v) is 2.45. The predicted molar refractivity (Wildman–Crippen MR) is 58.7 cm³/mol. The highest BCUT2D eigenvalue weighted by molar-refractivity contribution is 14.2. The van der Waals surface area contributed by atoms with Crippen LogP contribution in [0.15, 0.2) is 0 Å². The van der Waals surface area contributed by atoms with Gasteiger partial charge in [-0.05, 0) is 19.3 Å². The van der Waals surface area contributed by atoms with E-state index in [9.17, 15) is 8.78 Å². The first-order valence-corrected chi connectivity index (χ1v) is 5.73. The summed E-state index contributed by atoms with van der Waals surface area (Å²) in [6, 6.07) is 0. The van der Waals surface area contributed by atoms with Crippen LogP contribution in [0, 0.1) is 5.92 Å². The van der Waals surface area contributed by atoms with Crippen LogP contribution in [-0.4, -0.2) is 7.35 Å². The van der Waals surface area contributed by atoms with Gasteiger partial charge >= 0.3 is 0 Å². The first-order valence-electron chi connectivity index (χ1n) is 3.57. The third kappa shape index (κ3) is 2.93. The van der Waals surface area contributed by atoms with Crippen molar-refractivity contribution >= 4 is 45.2 Å². The molecule has 1 aliphatic rings. The topological polar surface area (TPSA) is 0 Å². The molecule has 1 atom stereocenters. The smallest absolute Gasteiger partial charge is 0.207 e. The Morgan fingerprint density at radius 2 is 2.00 bits per heavy atom. The van der Waals surface area contributed by atoms with Crippen LogP contribution in [0.4, 0.5) is 8.78 Å². The van der Waals surface area contributed by atoms with Crippen LogP contribution in [0.1, 0.15) is 26.2 Å². The fourth-order valence-electron chi connectivity index (χ4n) is 1.38. The van der Waals surface area contributed by atoms with Gasteiger partial charge in [0.1, 0.15) is 0 Å². The van der Waals surface area contributed by atoms with E-state index in [0.717, 1.165) is 0 Å². The lowest BCUT2D eigenvalue weighted by Gasteiger charge is -2.22. The lowest BCUT2D eigenvalue weighted by Crippen LogP contribution is -2.19. The molecule has 66 valence electrons. The van der Waals surface area contributed by atoms with Gasteiger partial charge in [0, 0.05) is 12.8 Å². The van der Waals surface area contributed by atoms with Crippen molar-refractivity contribution in [2.75, 3.05) is 0 Å². The Morgan fingerprint density at radius 1 is 1.45 bits per heavy atom. The number of halogens is 4. The van der Waals surface area contributed by atoms with E-state index in [-0.39, 0.29) is 20.2 Å². The first-order chi connectivity index (χ1) is 4.81. The van der Waals surface area contributed by atoms with Gasteiger partial charge in [-0.2, -0.15) is 0 Å². The minimum atomic E-state index is -2.39. The average molecular weight is 386 g/mol. The van der Waals surface area contributed by atoms with Crippen LogP contribution in [0.5, 0.6) is 0 Å². The van der Waals surface area contributed by atoms with Crippen LogP contribution in [-0.2, 0) is 0 Å². The van der Waals surface area contributed by atoms with E-state index in [0.29, 0.717) is 6.42 Å². The summed E-state index contributed by atoms with van der Waals surface area (Å²) in [5.74, 6) is -2.21. The largest absolute Gasteiger partial charge is 0.248 e. The number of hydrogen-bond donors (Lipinski definition) is 0. The molecule has 0 nitrogen and oxygen atoms in total. The second kappa shape index (κ2) is 3.23. The van der Waals surface area contributed by atoms with Gasteiger partial charge in [0.25, 0.3) is 0 Å². The van der Waals surface area contributed by atoms with Gasteiger partial charge in [0.05, 0.1) is 1.43 Å². The van der Waals surface area contributed by atoms with Crippen LogP contribution in [0.2, 0.25) is 0 Å². The molecule has 1 saturated carbocycles. The fraction of sp³-hybridized carbons (Fsp3) is 1.00. The Balaban J connectivity index is 2.55. The summed E-state index contributed by atoms with van der Waals surface area (Å²) in [6.07, 6.45) is 0.837. The van der Waals surface area contributed by atoms with E-state index in [1.165, 1.54) is 0 Å². The molecule has 0 N–H and O–H groups in total. The lowest BCUT2D eigenvalue weighted by atomic mass is 10.1. The van der Waals surface area contributed by atoms with Crippen molar-refractivity contribution in [3.63, 3.8) is 0 Å². The molecule has 1 fully saturated rings. The first kappa shape index (κ1) is 10.4. The van der Waals surface area contributed by atoms with Gasteiger partial charge in [-0.25, -0.2) is 8.78 Å². The molecule has 0 aromatic heterocycles. The molecular formula is C7H10F2I2. The second-order valence-corrected chi connectivity index (χ2v) is 9.80. The van der Waals surface area contributed by atoms with Gasteiger partial charge in [-0.15, -0.1) is 0 Å². The lowest BCUT2D eigenvalue weighted by molar-refractivity contribution is 0.00512. The van der Waals surface area contributed by atoms with Gasteiger partial charge in [0.15, 0.2) is 0 Å². The zero-order valence-corrected chi connectivity index (χ0v) is 10.5. The molecule has 0 bridgehead atoms. The Kier molecular flexibility index (Phi) is 3.05. The molecule has 0 aliphatic heterocycles. The van der Waals surface area contributed by atoms with Crippen molar-refractivity contribution in [2.45, 2.75) is 33.5 Å². The summed E-state index contributed by atoms with van der Waals surface area (Å²) in [6.45, 7) is 2.01. The summed E-state index contributed by atoms with van der Waals surface area (Å²) in [7, 11) is 0. The molecule has 0 saturated heterocycles. The Bertz CT molecular complexity index is 151. The highest BCUT2D eigenvalue weighted by Crippen LogP contribution is 2.49. The Labute approximate surface area is 92.8 Å². The highest BCUT2D eigenvalue weighted by atomic mass is 127. The van der Waals surface area contributed by atoms with Crippen molar-refractivity contribution < 1.29 is 8.78 Å². The molecule has 0 aromatic rings. The SMILES string of the molecule is CC(I)(I)C1CCC(F)(F)C1. The predicted octanol–water partition coefficient (Wildman–Crippen LogP) is 4.01. The molecule has 0 heterocycles. The van der Waals surface area contributed by atoms with Crippen molar-refractivity contribution in [1.82, 2.24) is 0 Å². The maximum atomic E-state index is 12.7. The normalized spacial score (nSPS) is 30.8. The zero-order valence-electron chi connectivity index (χ0n) is 6.21. The summed E-state index contributed by atoms with van der Waals surface area (Å²) in [5, 5.41) is 0. The second-order valence-electron chi connectivity index (χ2n) is 3.25. The average Bonchev–Trinajstić information content (AvgIpc) is 2.07. The quantitative estimate of drug-likeness (QED) is 0.472. The van der Waals surface area contributed by atoms with Crippen molar-refractivity contribution in [3.8, 4) is 0 Å². The maximum Gasteiger partial charge on any atom is 0.248 e. The molecular weight excluding hydrogens is 376 g/mol. The molecule has 1 unspecified atom stereocenters. The Morgan fingerprint density at radius 3 is 2.18 bits per heavy atom. The van der Waals surface area contributed by atoms with E-state index in [4.69, 9.17) is 0 Å². The zero-order chi connectivity index (χ0) is 8.70. The van der Waals surface area contributed by atoms with Crippen molar-refractivity contribution in [3.05, 3.63) is 0 Å². The highest BCUT2D eigenvalue weighted by Gasteiger charge is 2.45. The summed E-state index contributed by atoms with van der Waals surface area (Å²) < 4.78 is 25.4. The van der Waals surface area contributed by atoms with E-state index in [1.807, 2.05) is 6.92 Å². The molecule has 0 spiro atoms. The minimum Gasteiger partial charge on any atom is -0.207 e. The number of hydrogen-bond acceptors (Lipinski definition) is 0. The van der Waals surface area contributed by atoms with Crippen LogP contribution >= 0.6 is 45.2 Å². The van der Waals surface area contributed by atoms with Gasteiger partial charge in [-0.1, -0.05) is 45.2 Å². The van der Waals surface area contributed by atoms with E-state index in [2.05, 4.69) is 45.2 Å². The van der Waals surface area contributed by atoms with Gasteiger partial charge in [0.2, 0.25) is 5.92 Å². The minimum absolute atomic E-state index is 0.00451. The number of rotatable bonds is 1. The maximum absolute atomic E-state index is 12.7. The molecule has 0 amide bonds. The van der Waals surface area contributed by atoms with Crippen LogP contribution in [0.25, 0.3) is 0 Å². The molecule has 1 aliphatic carbocycles. The summed E-state index contributed by atoms with van der Waals surface area (Å²) in [5.41, 5.74) is 0. The standard InChI is InChI=1S/C7H10F2I2/c1-6(10,11)5-2-3-7(8,9)4-5/h5H,2-4H2,1H3. The monoisotopic (exact) mass is 386 g/mol. The van der Waals surface area contributed by atoms with Crippen molar-refractivity contribution in [2.24, 2.45) is 5.92 Å². The van der Waals surface area contributed by atoms with Crippen LogP contribution in [0.3, 0.4) is 0 Å². The summed E-state index contributed by atoms with van der Waals surface area (Å²) in [4.78, 5) is 0. The Hall–Kier alpha value is 1.32. The molecule has 0 radical (unpaired) electrons. The third-order valence-electron chi connectivity index (χ3n) is 2.12. The van der Waals surface area contributed by atoms with Crippen molar-refractivity contribution in [1.29, 1.82) is 0 Å². The molecule has 4 heteroatoms. The van der Waals surface area contributed by atoms with E-state index in [1.54, 1.807) is 0 Å². The number of alkyl halides is 4. The summed E-state index contributed by atoms with van der Waals surface area (Å²) >= 11 is 4.50. The van der Waals surface area contributed by atoms with E-state index >= 15 is 0 Å². The molecule has 11 heavy (non-hydrogen) atoms.